The molecule has 3 aromatic rings. The Morgan fingerprint density at radius 1 is 1.17 bits per heavy atom. The molecule has 0 saturated heterocycles. The van der Waals surface area contributed by atoms with Gasteiger partial charge in [-0.25, -0.2) is 17.9 Å². The summed E-state index contributed by atoms with van der Waals surface area (Å²) in [4.78, 5) is 13.5. The van der Waals surface area contributed by atoms with Gasteiger partial charge in [-0.2, -0.15) is 0 Å². The number of hydrogen-bond donors (Lipinski definition) is 3. The first-order chi connectivity index (χ1) is 11.0. The van der Waals surface area contributed by atoms with E-state index in [-0.39, 0.29) is 22.8 Å². The van der Waals surface area contributed by atoms with Gasteiger partial charge >= 0.3 is 5.76 Å². The number of nitrogens with one attached hydrogen (secondary N) is 2. The van der Waals surface area contributed by atoms with Gasteiger partial charge in [-0.1, -0.05) is 18.2 Å². The monoisotopic (exact) mass is 334 g/mol. The van der Waals surface area contributed by atoms with Gasteiger partial charge in [-0.05, 0) is 30.2 Å². The van der Waals surface area contributed by atoms with E-state index in [1.807, 2.05) is 0 Å². The van der Waals surface area contributed by atoms with E-state index in [9.17, 15) is 18.3 Å². The minimum Gasteiger partial charge on any atom is -0.508 e. The highest BCUT2D eigenvalue weighted by atomic mass is 32.2. The van der Waals surface area contributed by atoms with Crippen LogP contribution in [0.15, 0.2) is 56.6 Å². The molecule has 0 aliphatic heterocycles. The van der Waals surface area contributed by atoms with Gasteiger partial charge in [0.15, 0.2) is 5.58 Å². The Balaban J connectivity index is 1.75. The first-order valence-corrected chi connectivity index (χ1v) is 8.33. The van der Waals surface area contributed by atoms with Crippen LogP contribution in [0.1, 0.15) is 5.56 Å². The number of phenols is 1. The standard InChI is InChI=1S/C15H14N2O5S/c18-13-4-2-1-3-10(13)7-8-16-23(20,21)11-5-6-12-14(9-11)22-15(19)17-12/h1-6,9,16,18H,7-8H2,(H,17,19). The predicted molar refractivity (Wildman–Crippen MR) is 83.8 cm³/mol. The zero-order valence-electron chi connectivity index (χ0n) is 11.9. The van der Waals surface area contributed by atoms with Crippen molar-refractivity contribution in [3.05, 3.63) is 58.6 Å². The van der Waals surface area contributed by atoms with Crippen LogP contribution < -0.4 is 10.5 Å². The van der Waals surface area contributed by atoms with Crippen molar-refractivity contribution in [1.82, 2.24) is 9.71 Å². The van der Waals surface area contributed by atoms with E-state index in [2.05, 4.69) is 9.71 Å². The van der Waals surface area contributed by atoms with E-state index < -0.39 is 15.8 Å². The topological polar surface area (TPSA) is 112 Å². The second-order valence-corrected chi connectivity index (χ2v) is 6.72. The van der Waals surface area contributed by atoms with Crippen molar-refractivity contribution in [2.75, 3.05) is 6.54 Å². The number of fused-ring (bicyclic) bond motifs is 1. The number of aromatic nitrogens is 1. The summed E-state index contributed by atoms with van der Waals surface area (Å²) >= 11 is 0. The Morgan fingerprint density at radius 3 is 2.74 bits per heavy atom. The van der Waals surface area contributed by atoms with Crippen LogP contribution in [-0.4, -0.2) is 25.1 Å². The van der Waals surface area contributed by atoms with E-state index in [0.29, 0.717) is 17.5 Å². The Labute approximate surface area is 131 Å². The van der Waals surface area contributed by atoms with Gasteiger partial charge in [0.05, 0.1) is 10.4 Å². The smallest absolute Gasteiger partial charge is 0.417 e. The summed E-state index contributed by atoms with van der Waals surface area (Å²) in [6.07, 6.45) is 0.355. The Hall–Kier alpha value is -2.58. The summed E-state index contributed by atoms with van der Waals surface area (Å²) in [6.45, 7) is 0.134. The molecule has 0 aliphatic carbocycles. The fourth-order valence-electron chi connectivity index (χ4n) is 2.22. The van der Waals surface area contributed by atoms with Crippen molar-refractivity contribution >= 4 is 21.1 Å². The molecule has 7 nitrogen and oxygen atoms in total. The van der Waals surface area contributed by atoms with Gasteiger partial charge in [0, 0.05) is 12.6 Å². The van der Waals surface area contributed by atoms with Gasteiger partial charge in [-0.15, -0.1) is 0 Å². The van der Waals surface area contributed by atoms with Crippen LogP contribution in [0.3, 0.4) is 0 Å². The first kappa shape index (κ1) is 15.3. The molecule has 0 aliphatic rings. The van der Waals surface area contributed by atoms with Gasteiger partial charge in [0.2, 0.25) is 10.0 Å². The minimum atomic E-state index is -3.73. The highest BCUT2D eigenvalue weighted by Gasteiger charge is 2.15. The van der Waals surface area contributed by atoms with E-state index in [1.54, 1.807) is 24.3 Å². The van der Waals surface area contributed by atoms with Crippen LogP contribution in [0.25, 0.3) is 11.1 Å². The van der Waals surface area contributed by atoms with Crippen molar-refractivity contribution < 1.29 is 17.9 Å². The van der Waals surface area contributed by atoms with E-state index in [0.717, 1.165) is 0 Å². The van der Waals surface area contributed by atoms with Crippen molar-refractivity contribution in [3.8, 4) is 5.75 Å². The summed E-state index contributed by atoms with van der Waals surface area (Å²) in [5.41, 5.74) is 1.27. The van der Waals surface area contributed by atoms with Gasteiger partial charge in [0.1, 0.15) is 5.75 Å². The lowest BCUT2D eigenvalue weighted by molar-refractivity contribution is 0.467. The normalized spacial score (nSPS) is 11.8. The highest BCUT2D eigenvalue weighted by molar-refractivity contribution is 7.89. The highest BCUT2D eigenvalue weighted by Crippen LogP contribution is 2.18. The lowest BCUT2D eigenvalue weighted by atomic mass is 10.1. The van der Waals surface area contributed by atoms with Crippen LogP contribution in [0.2, 0.25) is 0 Å². The molecule has 0 atom stereocenters. The van der Waals surface area contributed by atoms with Crippen LogP contribution >= 0.6 is 0 Å². The summed E-state index contributed by atoms with van der Waals surface area (Å²) in [5.74, 6) is -0.510. The molecule has 0 radical (unpaired) electrons. The zero-order valence-corrected chi connectivity index (χ0v) is 12.8. The van der Waals surface area contributed by atoms with Crippen LogP contribution in [-0.2, 0) is 16.4 Å². The zero-order chi connectivity index (χ0) is 16.4. The number of rotatable bonds is 5. The third kappa shape index (κ3) is 3.27. The summed E-state index contributed by atoms with van der Waals surface area (Å²) in [6, 6.07) is 10.9. The molecule has 0 amide bonds. The maximum atomic E-state index is 12.3. The number of oxazole rings is 1. The molecule has 0 bridgehead atoms. The fraction of sp³-hybridized carbons (Fsp3) is 0.133. The molecule has 2 aromatic carbocycles. The molecule has 0 fully saturated rings. The number of hydrogen-bond acceptors (Lipinski definition) is 5. The fourth-order valence-corrected chi connectivity index (χ4v) is 3.27. The second kappa shape index (κ2) is 5.90. The molecule has 1 heterocycles. The van der Waals surface area contributed by atoms with E-state index in [4.69, 9.17) is 4.42 Å². The number of benzene rings is 2. The molecule has 0 saturated carbocycles. The lowest BCUT2D eigenvalue weighted by Gasteiger charge is -2.07. The molecule has 0 unspecified atom stereocenters. The summed E-state index contributed by atoms with van der Waals surface area (Å²) in [7, 11) is -3.73. The number of H-pyrrole nitrogens is 1. The van der Waals surface area contributed by atoms with Crippen molar-refractivity contribution in [3.63, 3.8) is 0 Å². The van der Waals surface area contributed by atoms with Gasteiger partial charge in [0.25, 0.3) is 0 Å². The van der Waals surface area contributed by atoms with Crippen molar-refractivity contribution in [2.45, 2.75) is 11.3 Å². The van der Waals surface area contributed by atoms with Gasteiger partial charge < -0.3 is 9.52 Å². The lowest BCUT2D eigenvalue weighted by Crippen LogP contribution is -2.26. The minimum absolute atomic E-state index is 0.00466. The van der Waals surface area contributed by atoms with E-state index >= 15 is 0 Å². The molecule has 23 heavy (non-hydrogen) atoms. The van der Waals surface area contributed by atoms with E-state index in [1.165, 1.54) is 18.2 Å². The Morgan fingerprint density at radius 2 is 1.96 bits per heavy atom. The molecular weight excluding hydrogens is 320 g/mol. The third-order valence-electron chi connectivity index (χ3n) is 3.38. The van der Waals surface area contributed by atoms with Crippen LogP contribution in [0.5, 0.6) is 5.75 Å². The van der Waals surface area contributed by atoms with Crippen LogP contribution in [0.4, 0.5) is 0 Å². The Bertz CT molecular complexity index is 1000. The second-order valence-electron chi connectivity index (χ2n) is 4.95. The maximum absolute atomic E-state index is 12.3. The Kier molecular flexibility index (Phi) is 3.93. The van der Waals surface area contributed by atoms with Crippen molar-refractivity contribution in [1.29, 1.82) is 0 Å². The quantitative estimate of drug-likeness (QED) is 0.652. The first-order valence-electron chi connectivity index (χ1n) is 6.85. The summed E-state index contributed by atoms with van der Waals surface area (Å²) < 4.78 is 31.8. The number of para-hydroxylation sites is 1. The average molecular weight is 334 g/mol. The molecule has 3 N–H and O–H groups in total. The van der Waals surface area contributed by atoms with Crippen LogP contribution in [0, 0.1) is 0 Å². The molecule has 8 heteroatoms. The molecular formula is C15H14N2O5S. The number of phenolic OH excluding ortho intramolecular Hbond substituents is 1. The number of aromatic amines is 1. The average Bonchev–Trinajstić information content (AvgIpc) is 2.88. The molecule has 0 spiro atoms. The molecule has 1 aromatic heterocycles. The number of sulfonamides is 1. The van der Waals surface area contributed by atoms with Gasteiger partial charge in [-0.3, -0.25) is 4.98 Å². The third-order valence-corrected chi connectivity index (χ3v) is 4.84. The SMILES string of the molecule is O=c1[nH]c2ccc(S(=O)(=O)NCCc3ccccc3O)cc2o1. The largest absolute Gasteiger partial charge is 0.508 e. The molecule has 120 valence electrons. The van der Waals surface area contributed by atoms with Crippen molar-refractivity contribution in [2.24, 2.45) is 0 Å². The molecule has 3 rings (SSSR count). The number of aromatic hydroxyl groups is 1. The maximum Gasteiger partial charge on any atom is 0.417 e. The predicted octanol–water partition coefficient (Wildman–Crippen LogP) is 1.35. The summed E-state index contributed by atoms with van der Waals surface area (Å²) in [5, 5.41) is 9.65.